The molecule has 40 heavy (non-hydrogen) atoms. The quantitative estimate of drug-likeness (QED) is 0.257. The third-order valence-electron chi connectivity index (χ3n) is 9.51. The standard InChI is InChI=1S/C35H34N4O/c1-22-32(3-2-14-36-22)24-5-7-25(8-6-24)34-19-38-35-33(34)16-28(18-37-35)27-9-4-23-10-12-29(13-11-26(23)15-27)39-30-17-31(39)21-40-20-30/h2-9,14-16,18-19,29-31H,10-13,17,20-21H2,1H3,(H,37,38). The molecule has 3 unspecified atom stereocenters. The highest BCUT2D eigenvalue weighted by atomic mass is 16.5. The lowest BCUT2D eigenvalue weighted by Crippen LogP contribution is -2.66. The van der Waals surface area contributed by atoms with Gasteiger partial charge in [0.05, 0.1) is 13.2 Å². The first-order valence-electron chi connectivity index (χ1n) is 14.7. The van der Waals surface area contributed by atoms with E-state index in [0.29, 0.717) is 18.1 Å². The van der Waals surface area contributed by atoms with E-state index in [1.165, 1.54) is 70.2 Å². The number of hydrogen-bond acceptors (Lipinski definition) is 4. The summed E-state index contributed by atoms with van der Waals surface area (Å²) in [5.74, 6) is 0. The van der Waals surface area contributed by atoms with Gasteiger partial charge in [-0.15, -0.1) is 0 Å². The summed E-state index contributed by atoms with van der Waals surface area (Å²) in [7, 11) is 0. The fourth-order valence-electron chi connectivity index (χ4n) is 7.35. The van der Waals surface area contributed by atoms with Gasteiger partial charge >= 0.3 is 0 Å². The van der Waals surface area contributed by atoms with Crippen LogP contribution in [0.1, 0.15) is 36.1 Å². The van der Waals surface area contributed by atoms with Crippen LogP contribution in [0.3, 0.4) is 0 Å². The van der Waals surface area contributed by atoms with E-state index in [1.807, 2.05) is 18.5 Å². The molecule has 0 saturated carbocycles. The Morgan fingerprint density at radius 2 is 1.52 bits per heavy atom. The predicted octanol–water partition coefficient (Wildman–Crippen LogP) is 6.99. The molecular formula is C35H34N4O. The van der Waals surface area contributed by atoms with Gasteiger partial charge in [0.25, 0.3) is 0 Å². The maximum Gasteiger partial charge on any atom is 0.137 e. The highest BCUT2D eigenvalue weighted by Gasteiger charge is 2.45. The Morgan fingerprint density at radius 3 is 2.30 bits per heavy atom. The number of hydrogen-bond donors (Lipinski definition) is 1. The van der Waals surface area contributed by atoms with E-state index in [1.54, 1.807) is 0 Å². The highest BCUT2D eigenvalue weighted by molar-refractivity contribution is 5.96. The number of nitrogens with zero attached hydrogens (tertiary/aromatic N) is 3. The van der Waals surface area contributed by atoms with Crippen LogP contribution in [-0.4, -0.2) is 51.2 Å². The van der Waals surface area contributed by atoms with Crippen molar-refractivity contribution in [3.05, 3.63) is 96.1 Å². The zero-order valence-electron chi connectivity index (χ0n) is 22.9. The summed E-state index contributed by atoms with van der Waals surface area (Å²) in [6, 6.07) is 24.3. The van der Waals surface area contributed by atoms with Crippen LogP contribution < -0.4 is 0 Å². The van der Waals surface area contributed by atoms with E-state index in [0.717, 1.165) is 36.4 Å². The van der Waals surface area contributed by atoms with Crippen LogP contribution in [0.2, 0.25) is 0 Å². The number of pyridine rings is 2. The number of ether oxygens (including phenoxy) is 1. The molecule has 0 amide bonds. The molecule has 2 aliphatic heterocycles. The van der Waals surface area contributed by atoms with Crippen molar-refractivity contribution in [1.29, 1.82) is 0 Å². The molecular weight excluding hydrogens is 492 g/mol. The minimum absolute atomic E-state index is 0.657. The van der Waals surface area contributed by atoms with Crippen molar-refractivity contribution in [2.75, 3.05) is 13.2 Å². The molecule has 5 aromatic rings. The summed E-state index contributed by atoms with van der Waals surface area (Å²) in [4.78, 5) is 15.4. The van der Waals surface area contributed by atoms with Crippen molar-refractivity contribution >= 4 is 11.0 Å². The summed E-state index contributed by atoms with van der Waals surface area (Å²) in [6.07, 6.45) is 12.1. The first kappa shape index (κ1) is 24.0. The number of rotatable bonds is 4. The second kappa shape index (κ2) is 9.69. The minimum atomic E-state index is 0.657. The second-order valence-corrected chi connectivity index (χ2v) is 11.8. The minimum Gasteiger partial charge on any atom is -0.378 e. The summed E-state index contributed by atoms with van der Waals surface area (Å²) < 4.78 is 5.75. The van der Waals surface area contributed by atoms with Crippen molar-refractivity contribution in [1.82, 2.24) is 19.9 Å². The summed E-state index contributed by atoms with van der Waals surface area (Å²) in [5, 5.41) is 1.16. The summed E-state index contributed by atoms with van der Waals surface area (Å²) >= 11 is 0. The molecule has 2 aromatic carbocycles. The predicted molar refractivity (Wildman–Crippen MR) is 160 cm³/mol. The number of fused-ring (bicyclic) bond motifs is 4. The van der Waals surface area contributed by atoms with E-state index >= 15 is 0 Å². The smallest absolute Gasteiger partial charge is 0.137 e. The van der Waals surface area contributed by atoms with Crippen LogP contribution in [-0.2, 0) is 17.6 Å². The lowest BCUT2D eigenvalue weighted by Gasteiger charge is -2.56. The first-order chi connectivity index (χ1) is 19.7. The van der Waals surface area contributed by atoms with Crippen LogP contribution in [0.25, 0.3) is 44.4 Å². The first-order valence-corrected chi connectivity index (χ1v) is 14.7. The lowest BCUT2D eigenvalue weighted by atomic mass is 9.87. The molecule has 1 aliphatic carbocycles. The Labute approximate surface area is 235 Å². The third kappa shape index (κ3) is 4.07. The van der Waals surface area contributed by atoms with E-state index < -0.39 is 0 Å². The molecule has 3 atom stereocenters. The molecule has 3 aliphatic rings. The summed E-state index contributed by atoms with van der Waals surface area (Å²) in [5.41, 5.74) is 12.2. The topological polar surface area (TPSA) is 54.0 Å². The monoisotopic (exact) mass is 526 g/mol. The average Bonchev–Trinajstić information content (AvgIpc) is 3.32. The van der Waals surface area contributed by atoms with Crippen LogP contribution in [0.5, 0.6) is 0 Å². The van der Waals surface area contributed by atoms with Crippen LogP contribution in [0.4, 0.5) is 0 Å². The zero-order valence-corrected chi connectivity index (χ0v) is 22.9. The van der Waals surface area contributed by atoms with Gasteiger partial charge in [-0.05, 0) is 79.0 Å². The molecule has 0 spiro atoms. The Bertz CT molecular complexity index is 1690. The van der Waals surface area contributed by atoms with Crippen molar-refractivity contribution in [2.24, 2.45) is 0 Å². The van der Waals surface area contributed by atoms with Gasteiger partial charge in [-0.3, -0.25) is 9.88 Å². The zero-order chi connectivity index (χ0) is 26.6. The molecule has 5 heteroatoms. The van der Waals surface area contributed by atoms with Gasteiger partial charge < -0.3 is 9.72 Å². The van der Waals surface area contributed by atoms with Crippen molar-refractivity contribution in [3.63, 3.8) is 0 Å². The molecule has 5 heterocycles. The van der Waals surface area contributed by atoms with E-state index in [9.17, 15) is 0 Å². The molecule has 2 fully saturated rings. The van der Waals surface area contributed by atoms with E-state index in [-0.39, 0.29) is 0 Å². The van der Waals surface area contributed by atoms with Crippen LogP contribution in [0, 0.1) is 6.92 Å². The Morgan fingerprint density at radius 1 is 0.775 bits per heavy atom. The molecule has 2 saturated heterocycles. The van der Waals surface area contributed by atoms with Gasteiger partial charge in [-0.25, -0.2) is 4.98 Å². The molecule has 1 N–H and O–H groups in total. The fraction of sp³-hybridized carbons (Fsp3) is 0.314. The third-order valence-corrected chi connectivity index (χ3v) is 9.51. The molecule has 5 nitrogen and oxygen atoms in total. The molecule has 3 aromatic heterocycles. The van der Waals surface area contributed by atoms with Crippen LogP contribution in [0.15, 0.2) is 79.3 Å². The highest BCUT2D eigenvalue weighted by Crippen LogP contribution is 2.38. The Balaban J connectivity index is 1.06. The van der Waals surface area contributed by atoms with Gasteiger partial charge in [0.1, 0.15) is 5.65 Å². The van der Waals surface area contributed by atoms with E-state index in [4.69, 9.17) is 9.72 Å². The largest absolute Gasteiger partial charge is 0.378 e. The maximum atomic E-state index is 5.75. The Kier molecular flexibility index (Phi) is 5.82. The lowest BCUT2D eigenvalue weighted by molar-refractivity contribution is -0.148. The van der Waals surface area contributed by atoms with Gasteiger partial charge in [0, 0.05) is 64.5 Å². The number of nitrogens with one attached hydrogen (secondary N) is 1. The van der Waals surface area contributed by atoms with E-state index in [2.05, 4.69) is 82.6 Å². The molecule has 8 rings (SSSR count). The van der Waals surface area contributed by atoms with Crippen molar-refractivity contribution in [3.8, 4) is 33.4 Å². The molecule has 2 bridgehead atoms. The summed E-state index contributed by atoms with van der Waals surface area (Å²) in [6.45, 7) is 3.91. The fourth-order valence-corrected chi connectivity index (χ4v) is 7.35. The normalized spacial score (nSPS) is 22.5. The van der Waals surface area contributed by atoms with Gasteiger partial charge in [0.15, 0.2) is 0 Å². The van der Waals surface area contributed by atoms with Crippen LogP contribution >= 0.6 is 0 Å². The van der Waals surface area contributed by atoms with Gasteiger partial charge in [0.2, 0.25) is 0 Å². The van der Waals surface area contributed by atoms with Crippen molar-refractivity contribution < 1.29 is 4.74 Å². The SMILES string of the molecule is Cc1ncccc1-c1ccc(-c2c[nH]c3ncc(-c4ccc5c(c4)CCC(N4C6COCC4C6)CC5)cc23)cc1. The number of aromatic amines is 1. The number of morpholine rings is 1. The van der Waals surface area contributed by atoms with Gasteiger partial charge in [-0.1, -0.05) is 48.5 Å². The molecule has 200 valence electrons. The second-order valence-electron chi connectivity index (χ2n) is 11.8. The number of aryl methyl sites for hydroxylation is 3. The number of benzene rings is 2. The van der Waals surface area contributed by atoms with Crippen molar-refractivity contribution in [2.45, 2.75) is 57.2 Å². The average molecular weight is 527 g/mol. The van der Waals surface area contributed by atoms with Gasteiger partial charge in [-0.2, -0.15) is 0 Å². The molecule has 0 radical (unpaired) electrons. The maximum absolute atomic E-state index is 5.75. The Hall–Kier alpha value is -3.80. The number of aromatic nitrogens is 3. The number of H-pyrrole nitrogens is 1.